The molecule has 0 radical (unpaired) electrons. The van der Waals surface area contributed by atoms with Crippen molar-refractivity contribution in [3.8, 4) is 11.1 Å². The molecular formula is C25H28N2O7. The van der Waals surface area contributed by atoms with E-state index < -0.39 is 36.0 Å². The van der Waals surface area contributed by atoms with Gasteiger partial charge in [-0.2, -0.15) is 0 Å². The molecule has 3 rings (SSSR count). The zero-order valence-electron chi connectivity index (χ0n) is 19.1. The van der Waals surface area contributed by atoms with Crippen molar-refractivity contribution in [3.63, 3.8) is 0 Å². The van der Waals surface area contributed by atoms with Crippen molar-refractivity contribution in [2.45, 2.75) is 44.7 Å². The number of carbonyl (C=O) groups is 4. The monoisotopic (exact) mass is 468 g/mol. The Morgan fingerprint density at radius 3 is 2.03 bits per heavy atom. The van der Waals surface area contributed by atoms with Crippen molar-refractivity contribution >= 4 is 23.9 Å². The maximum atomic E-state index is 12.6. The Morgan fingerprint density at radius 2 is 1.50 bits per heavy atom. The average molecular weight is 469 g/mol. The first-order valence-corrected chi connectivity index (χ1v) is 11.2. The van der Waals surface area contributed by atoms with E-state index in [-0.39, 0.29) is 25.6 Å². The second kappa shape index (κ2) is 11.3. The van der Waals surface area contributed by atoms with Gasteiger partial charge in [-0.05, 0) is 35.6 Å². The molecule has 2 aromatic carbocycles. The minimum atomic E-state index is -1.74. The minimum absolute atomic E-state index is 0.00932. The highest BCUT2D eigenvalue weighted by Crippen LogP contribution is 2.44. The normalized spacial score (nSPS) is 13.7. The fourth-order valence-electron chi connectivity index (χ4n) is 4.02. The summed E-state index contributed by atoms with van der Waals surface area (Å²) in [4.78, 5) is 48.9. The Labute approximate surface area is 197 Å². The molecule has 0 aliphatic heterocycles. The lowest BCUT2D eigenvalue weighted by Gasteiger charge is -2.20. The standard InChI is InChI=1S/C25H28N2O7/c1-3-9-20(23(29)30)26-22(28)21(24(31)33-4-2)27-25(32)34-14-19-17-12-7-5-10-15(17)16-11-6-8-13-18(16)19/h5-8,10-13,19-21H,3-4,9,14H2,1-2H3,(H,26,28)(H,27,32)(H,29,30)/t20-,21?/m1/s1. The Kier molecular flexibility index (Phi) is 8.24. The zero-order chi connectivity index (χ0) is 24.7. The predicted octanol–water partition coefficient (Wildman–Crippen LogP) is 2.83. The van der Waals surface area contributed by atoms with Crippen LogP contribution in [-0.2, 0) is 23.9 Å². The fourth-order valence-corrected chi connectivity index (χ4v) is 4.02. The fraction of sp³-hybridized carbons (Fsp3) is 0.360. The number of esters is 1. The molecule has 0 heterocycles. The molecule has 0 fully saturated rings. The van der Waals surface area contributed by atoms with Gasteiger partial charge in [-0.25, -0.2) is 14.4 Å². The van der Waals surface area contributed by atoms with Gasteiger partial charge in [0.1, 0.15) is 12.6 Å². The van der Waals surface area contributed by atoms with Gasteiger partial charge in [0.15, 0.2) is 0 Å². The molecule has 180 valence electrons. The second-order valence-electron chi connectivity index (χ2n) is 7.84. The number of carboxylic acid groups (broad SMARTS) is 1. The van der Waals surface area contributed by atoms with Crippen LogP contribution in [0.1, 0.15) is 43.7 Å². The van der Waals surface area contributed by atoms with Gasteiger partial charge in [-0.3, -0.25) is 10.1 Å². The number of alkyl carbamates (subject to hydrolysis) is 1. The summed E-state index contributed by atoms with van der Waals surface area (Å²) in [5.41, 5.74) is 4.15. The van der Waals surface area contributed by atoms with E-state index in [1.165, 1.54) is 0 Å². The zero-order valence-corrected chi connectivity index (χ0v) is 19.1. The van der Waals surface area contributed by atoms with Gasteiger partial charge >= 0.3 is 18.0 Å². The van der Waals surface area contributed by atoms with Crippen molar-refractivity contribution in [1.82, 2.24) is 10.6 Å². The molecule has 9 nitrogen and oxygen atoms in total. The summed E-state index contributed by atoms with van der Waals surface area (Å²) in [6, 6.07) is 12.7. The lowest BCUT2D eigenvalue weighted by Crippen LogP contribution is -2.55. The van der Waals surface area contributed by atoms with Crippen molar-refractivity contribution in [2.24, 2.45) is 0 Å². The molecule has 3 N–H and O–H groups in total. The molecule has 0 bridgehead atoms. The molecular weight excluding hydrogens is 440 g/mol. The number of nitrogens with one attached hydrogen (secondary N) is 2. The Hall–Kier alpha value is -3.88. The molecule has 0 aromatic heterocycles. The number of ether oxygens (including phenoxy) is 2. The van der Waals surface area contributed by atoms with E-state index in [1.807, 2.05) is 48.5 Å². The second-order valence-corrected chi connectivity index (χ2v) is 7.84. The summed E-state index contributed by atoms with van der Waals surface area (Å²) in [5.74, 6) is -3.42. The van der Waals surface area contributed by atoms with Crippen LogP contribution >= 0.6 is 0 Å². The van der Waals surface area contributed by atoms with Crippen LogP contribution in [0.2, 0.25) is 0 Å². The first-order valence-electron chi connectivity index (χ1n) is 11.2. The SMILES string of the molecule is CCC[C@@H](NC(=O)C(NC(=O)OCC1c2ccccc2-c2ccccc21)C(=O)OCC)C(=O)O. The average Bonchev–Trinajstić information content (AvgIpc) is 3.14. The Balaban J connectivity index is 1.70. The van der Waals surface area contributed by atoms with Crippen LogP contribution < -0.4 is 10.6 Å². The smallest absolute Gasteiger partial charge is 0.408 e. The summed E-state index contributed by atoms with van der Waals surface area (Å²) >= 11 is 0. The van der Waals surface area contributed by atoms with Gasteiger partial charge in [-0.1, -0.05) is 61.9 Å². The predicted molar refractivity (Wildman–Crippen MR) is 123 cm³/mol. The number of fused-ring (bicyclic) bond motifs is 3. The van der Waals surface area contributed by atoms with E-state index >= 15 is 0 Å². The van der Waals surface area contributed by atoms with Crippen LogP contribution in [0.3, 0.4) is 0 Å². The van der Waals surface area contributed by atoms with Crippen LogP contribution in [0.25, 0.3) is 11.1 Å². The molecule has 34 heavy (non-hydrogen) atoms. The molecule has 2 amide bonds. The van der Waals surface area contributed by atoms with Crippen molar-refractivity contribution in [1.29, 1.82) is 0 Å². The van der Waals surface area contributed by atoms with Gasteiger partial charge in [-0.15, -0.1) is 0 Å². The summed E-state index contributed by atoms with van der Waals surface area (Å²) in [5, 5.41) is 13.8. The van der Waals surface area contributed by atoms with Crippen LogP contribution in [0.4, 0.5) is 4.79 Å². The first kappa shape index (κ1) is 24.8. The van der Waals surface area contributed by atoms with Gasteiger partial charge in [0.25, 0.3) is 5.91 Å². The summed E-state index contributed by atoms with van der Waals surface area (Å²) in [7, 11) is 0. The molecule has 0 saturated carbocycles. The number of amides is 2. The lowest BCUT2D eigenvalue weighted by atomic mass is 9.98. The van der Waals surface area contributed by atoms with E-state index in [1.54, 1.807) is 13.8 Å². The topological polar surface area (TPSA) is 131 Å². The quantitative estimate of drug-likeness (QED) is 0.361. The highest BCUT2D eigenvalue weighted by Gasteiger charge is 2.34. The molecule has 2 atom stereocenters. The summed E-state index contributed by atoms with van der Waals surface area (Å²) < 4.78 is 10.3. The van der Waals surface area contributed by atoms with Gasteiger partial charge in [0.05, 0.1) is 6.61 Å². The molecule has 1 aliphatic carbocycles. The number of hydrogen-bond acceptors (Lipinski definition) is 6. The van der Waals surface area contributed by atoms with Crippen molar-refractivity contribution in [2.75, 3.05) is 13.2 Å². The Bertz CT molecular complexity index is 1020. The maximum Gasteiger partial charge on any atom is 0.408 e. The molecule has 0 spiro atoms. The van der Waals surface area contributed by atoms with Crippen LogP contribution in [-0.4, -0.2) is 54.3 Å². The van der Waals surface area contributed by atoms with E-state index in [2.05, 4.69) is 10.6 Å². The van der Waals surface area contributed by atoms with E-state index in [0.29, 0.717) is 6.42 Å². The minimum Gasteiger partial charge on any atom is -0.480 e. The molecule has 1 unspecified atom stereocenters. The van der Waals surface area contributed by atoms with Crippen LogP contribution in [0, 0.1) is 0 Å². The van der Waals surface area contributed by atoms with Crippen molar-refractivity contribution < 1.29 is 33.8 Å². The highest BCUT2D eigenvalue weighted by molar-refractivity contribution is 6.05. The van der Waals surface area contributed by atoms with Gasteiger partial charge in [0.2, 0.25) is 6.04 Å². The first-order chi connectivity index (χ1) is 16.4. The van der Waals surface area contributed by atoms with E-state index in [0.717, 1.165) is 22.3 Å². The van der Waals surface area contributed by atoms with Crippen molar-refractivity contribution in [3.05, 3.63) is 59.7 Å². The third-order valence-electron chi connectivity index (χ3n) is 5.58. The largest absolute Gasteiger partial charge is 0.480 e. The third kappa shape index (κ3) is 5.54. The van der Waals surface area contributed by atoms with Crippen LogP contribution in [0.15, 0.2) is 48.5 Å². The van der Waals surface area contributed by atoms with E-state index in [4.69, 9.17) is 9.47 Å². The maximum absolute atomic E-state index is 12.6. The number of carboxylic acids is 1. The van der Waals surface area contributed by atoms with Gasteiger partial charge in [0, 0.05) is 5.92 Å². The number of hydrogen-bond donors (Lipinski definition) is 3. The van der Waals surface area contributed by atoms with Crippen LogP contribution in [0.5, 0.6) is 0 Å². The number of aliphatic carboxylic acids is 1. The van der Waals surface area contributed by atoms with E-state index in [9.17, 15) is 24.3 Å². The summed E-state index contributed by atoms with van der Waals surface area (Å²) in [6.07, 6.45) is -0.319. The number of carbonyl (C=O) groups excluding carboxylic acids is 3. The highest BCUT2D eigenvalue weighted by atomic mass is 16.6. The van der Waals surface area contributed by atoms with Gasteiger partial charge < -0.3 is 19.9 Å². The number of benzene rings is 2. The molecule has 2 aromatic rings. The summed E-state index contributed by atoms with van der Waals surface area (Å²) in [6.45, 7) is 3.29. The molecule has 9 heteroatoms. The Morgan fingerprint density at radius 1 is 0.912 bits per heavy atom. The molecule has 1 aliphatic rings. The third-order valence-corrected chi connectivity index (χ3v) is 5.58. The molecule has 0 saturated heterocycles. The number of rotatable bonds is 10. The lowest BCUT2D eigenvalue weighted by molar-refractivity contribution is -0.151.